The SMILES string of the molecule is COc1ccc(N2C(=O)[C@@H]3[C@@H](N=NN3Cc3nc(-c4ccccc4C)no3)C2=O)cc1OC. The lowest BCUT2D eigenvalue weighted by molar-refractivity contribution is -0.123. The van der Waals surface area contributed by atoms with Gasteiger partial charge in [-0.2, -0.15) is 10.1 Å². The number of hydrogen-bond acceptors (Lipinski definition) is 10. The Labute approximate surface area is 188 Å². The third-order valence-electron chi connectivity index (χ3n) is 5.63. The minimum atomic E-state index is -0.940. The van der Waals surface area contributed by atoms with Crippen molar-refractivity contribution in [2.24, 2.45) is 10.3 Å². The van der Waals surface area contributed by atoms with Gasteiger partial charge >= 0.3 is 0 Å². The fraction of sp³-hybridized carbons (Fsp3) is 0.273. The van der Waals surface area contributed by atoms with Crippen molar-refractivity contribution in [3.05, 3.63) is 53.9 Å². The zero-order chi connectivity index (χ0) is 23.1. The second-order valence-corrected chi connectivity index (χ2v) is 7.57. The maximum atomic E-state index is 13.2. The van der Waals surface area contributed by atoms with E-state index in [2.05, 4.69) is 20.5 Å². The first kappa shape index (κ1) is 20.6. The molecular weight excluding hydrogens is 428 g/mol. The summed E-state index contributed by atoms with van der Waals surface area (Å²) < 4.78 is 15.9. The Morgan fingerprint density at radius 1 is 1.03 bits per heavy atom. The quantitative estimate of drug-likeness (QED) is 0.527. The van der Waals surface area contributed by atoms with Crippen molar-refractivity contribution in [3.8, 4) is 22.9 Å². The number of imide groups is 1. The zero-order valence-electron chi connectivity index (χ0n) is 18.1. The highest BCUT2D eigenvalue weighted by Crippen LogP contribution is 2.37. The first-order valence-corrected chi connectivity index (χ1v) is 10.2. The second kappa shape index (κ2) is 8.01. The molecule has 3 aromatic rings. The second-order valence-electron chi connectivity index (χ2n) is 7.57. The summed E-state index contributed by atoms with van der Waals surface area (Å²) in [5, 5.41) is 13.5. The molecular formula is C22H20N6O5. The van der Waals surface area contributed by atoms with Gasteiger partial charge in [0.1, 0.15) is 6.54 Å². The molecule has 2 aliphatic heterocycles. The molecule has 11 heteroatoms. The van der Waals surface area contributed by atoms with Crippen LogP contribution in [0.5, 0.6) is 11.5 Å². The van der Waals surface area contributed by atoms with Crippen molar-refractivity contribution in [2.75, 3.05) is 19.1 Å². The number of nitrogens with zero attached hydrogens (tertiary/aromatic N) is 6. The molecule has 2 amide bonds. The number of ether oxygens (including phenoxy) is 2. The van der Waals surface area contributed by atoms with Crippen LogP contribution in [0.25, 0.3) is 11.4 Å². The van der Waals surface area contributed by atoms with Crippen molar-refractivity contribution in [2.45, 2.75) is 25.6 Å². The van der Waals surface area contributed by atoms with Crippen LogP contribution in [0.15, 0.2) is 57.3 Å². The number of aryl methyl sites for hydroxylation is 1. The van der Waals surface area contributed by atoms with Gasteiger partial charge in [-0.25, -0.2) is 4.90 Å². The number of fused-ring (bicyclic) bond motifs is 1. The summed E-state index contributed by atoms with van der Waals surface area (Å²) in [6.45, 7) is 2.00. The third-order valence-corrected chi connectivity index (χ3v) is 5.63. The van der Waals surface area contributed by atoms with E-state index in [9.17, 15) is 9.59 Å². The number of carbonyl (C=O) groups is 2. The van der Waals surface area contributed by atoms with Gasteiger partial charge in [-0.15, -0.1) is 0 Å². The summed E-state index contributed by atoms with van der Waals surface area (Å²) >= 11 is 0. The van der Waals surface area contributed by atoms with E-state index in [0.717, 1.165) is 16.0 Å². The van der Waals surface area contributed by atoms with Gasteiger partial charge in [-0.1, -0.05) is 34.6 Å². The smallest absolute Gasteiger partial charge is 0.263 e. The Balaban J connectivity index is 1.38. The molecule has 0 aliphatic carbocycles. The third kappa shape index (κ3) is 3.37. The molecule has 3 heterocycles. The van der Waals surface area contributed by atoms with Crippen LogP contribution in [0, 0.1) is 6.92 Å². The van der Waals surface area contributed by atoms with Crippen molar-refractivity contribution in [3.63, 3.8) is 0 Å². The summed E-state index contributed by atoms with van der Waals surface area (Å²) in [5.41, 5.74) is 2.22. The molecule has 0 bridgehead atoms. The van der Waals surface area contributed by atoms with E-state index in [1.807, 2.05) is 31.2 Å². The van der Waals surface area contributed by atoms with Gasteiger partial charge in [0, 0.05) is 11.6 Å². The summed E-state index contributed by atoms with van der Waals surface area (Å²) in [6, 6.07) is 10.7. The maximum absolute atomic E-state index is 13.2. The van der Waals surface area contributed by atoms with Crippen molar-refractivity contribution < 1.29 is 23.6 Å². The summed E-state index contributed by atoms with van der Waals surface area (Å²) in [4.78, 5) is 31.7. The van der Waals surface area contributed by atoms with Gasteiger partial charge in [0.05, 0.1) is 19.9 Å². The Morgan fingerprint density at radius 2 is 1.82 bits per heavy atom. The lowest BCUT2D eigenvalue weighted by Crippen LogP contribution is -2.39. The van der Waals surface area contributed by atoms with E-state index in [0.29, 0.717) is 23.0 Å². The van der Waals surface area contributed by atoms with Crippen LogP contribution in [0.3, 0.4) is 0 Å². The van der Waals surface area contributed by atoms with E-state index in [-0.39, 0.29) is 12.4 Å². The fourth-order valence-corrected chi connectivity index (χ4v) is 3.96. The molecule has 2 atom stereocenters. The molecule has 0 radical (unpaired) electrons. The molecule has 2 aromatic carbocycles. The molecule has 168 valence electrons. The van der Waals surface area contributed by atoms with Crippen molar-refractivity contribution >= 4 is 17.5 Å². The average molecular weight is 448 g/mol. The number of benzene rings is 2. The molecule has 0 saturated carbocycles. The van der Waals surface area contributed by atoms with E-state index in [4.69, 9.17) is 14.0 Å². The molecule has 33 heavy (non-hydrogen) atoms. The van der Waals surface area contributed by atoms with Crippen LogP contribution in [0.2, 0.25) is 0 Å². The number of methoxy groups -OCH3 is 2. The number of anilines is 1. The highest BCUT2D eigenvalue weighted by Gasteiger charge is 2.55. The predicted octanol–water partition coefficient (Wildman–Crippen LogP) is 2.56. The monoisotopic (exact) mass is 448 g/mol. The van der Waals surface area contributed by atoms with Crippen LogP contribution in [0.4, 0.5) is 5.69 Å². The van der Waals surface area contributed by atoms with Crippen LogP contribution in [-0.2, 0) is 16.1 Å². The highest BCUT2D eigenvalue weighted by atomic mass is 16.5. The zero-order valence-corrected chi connectivity index (χ0v) is 18.1. The largest absolute Gasteiger partial charge is 0.493 e. The van der Waals surface area contributed by atoms with Gasteiger partial charge < -0.3 is 14.0 Å². The highest BCUT2D eigenvalue weighted by molar-refractivity contribution is 6.25. The van der Waals surface area contributed by atoms with Gasteiger partial charge in [-0.3, -0.25) is 14.6 Å². The Bertz CT molecular complexity index is 1270. The fourth-order valence-electron chi connectivity index (χ4n) is 3.96. The van der Waals surface area contributed by atoms with E-state index >= 15 is 0 Å². The Morgan fingerprint density at radius 3 is 2.58 bits per heavy atom. The first-order valence-electron chi connectivity index (χ1n) is 10.2. The normalized spacial score (nSPS) is 19.4. The number of aromatic nitrogens is 2. The number of amides is 2. The molecule has 2 aliphatic rings. The Hall–Kier alpha value is -4.28. The van der Waals surface area contributed by atoms with Gasteiger partial charge in [0.15, 0.2) is 23.6 Å². The summed E-state index contributed by atoms with van der Waals surface area (Å²) in [7, 11) is 2.99. The predicted molar refractivity (Wildman–Crippen MR) is 114 cm³/mol. The molecule has 5 rings (SSSR count). The van der Waals surface area contributed by atoms with Gasteiger partial charge in [0.2, 0.25) is 11.7 Å². The number of hydrogen-bond donors (Lipinski definition) is 0. The molecule has 0 N–H and O–H groups in total. The Kier molecular flexibility index (Phi) is 5.00. The minimum Gasteiger partial charge on any atom is -0.493 e. The molecule has 1 saturated heterocycles. The van der Waals surface area contributed by atoms with E-state index in [1.54, 1.807) is 18.2 Å². The van der Waals surface area contributed by atoms with Crippen LogP contribution < -0.4 is 14.4 Å². The molecule has 0 unspecified atom stereocenters. The molecule has 0 spiro atoms. The first-order chi connectivity index (χ1) is 16.0. The summed E-state index contributed by atoms with van der Waals surface area (Å²) in [6.07, 6.45) is 0. The average Bonchev–Trinajstić information content (AvgIpc) is 3.52. The summed E-state index contributed by atoms with van der Waals surface area (Å²) in [5.74, 6) is 0.688. The van der Waals surface area contributed by atoms with Crippen LogP contribution in [0.1, 0.15) is 11.5 Å². The topological polar surface area (TPSA) is 123 Å². The van der Waals surface area contributed by atoms with E-state index < -0.39 is 23.9 Å². The standard InChI is InChI=1S/C22H20N6O5/c1-12-6-4-5-7-14(12)20-23-17(33-25-20)11-27-19-18(24-26-27)21(29)28(22(19)30)13-8-9-15(31-2)16(10-13)32-3/h4-10,18-19H,11H2,1-3H3/t18-,19+/m1/s1. The molecule has 11 nitrogen and oxygen atoms in total. The van der Waals surface area contributed by atoms with Gasteiger partial charge in [0.25, 0.3) is 11.8 Å². The molecule has 1 aromatic heterocycles. The maximum Gasteiger partial charge on any atom is 0.263 e. The lowest BCUT2D eigenvalue weighted by Gasteiger charge is -2.20. The number of carbonyl (C=O) groups excluding carboxylic acids is 2. The van der Waals surface area contributed by atoms with Gasteiger partial charge in [-0.05, 0) is 24.6 Å². The van der Waals surface area contributed by atoms with Crippen molar-refractivity contribution in [1.82, 2.24) is 15.1 Å². The number of rotatable bonds is 6. The lowest BCUT2D eigenvalue weighted by atomic mass is 10.1. The minimum absolute atomic E-state index is 0.0440. The molecule has 1 fully saturated rings. The van der Waals surface area contributed by atoms with Crippen molar-refractivity contribution in [1.29, 1.82) is 0 Å². The van der Waals surface area contributed by atoms with Crippen LogP contribution in [-0.4, -0.2) is 53.3 Å². The van der Waals surface area contributed by atoms with E-state index in [1.165, 1.54) is 19.2 Å². The van der Waals surface area contributed by atoms with Crippen LogP contribution >= 0.6 is 0 Å².